The molecule has 0 spiro atoms. The summed E-state index contributed by atoms with van der Waals surface area (Å²) in [4.78, 5) is 11.9. The summed E-state index contributed by atoms with van der Waals surface area (Å²) in [6.45, 7) is 4.94. The monoisotopic (exact) mass is 374 g/mol. The minimum atomic E-state index is -0.311. The third-order valence-corrected chi connectivity index (χ3v) is 4.38. The molecule has 7 heteroatoms. The van der Waals surface area contributed by atoms with Gasteiger partial charge in [0, 0.05) is 12.0 Å². The number of methoxy groups -OCH3 is 1. The first-order valence-corrected chi connectivity index (χ1v) is 9.33. The molecule has 1 aliphatic rings. The van der Waals surface area contributed by atoms with E-state index in [0.717, 1.165) is 36.2 Å². The van der Waals surface area contributed by atoms with Gasteiger partial charge in [-0.3, -0.25) is 9.48 Å². The topological polar surface area (TPSA) is 71.8 Å². The average molecular weight is 374 g/mol. The van der Waals surface area contributed by atoms with Crippen LogP contribution in [0.5, 0.6) is 11.5 Å². The van der Waals surface area contributed by atoms with Crippen molar-refractivity contribution in [3.63, 3.8) is 0 Å². The average Bonchev–Trinajstić information content (AvgIpc) is 3.31. The van der Waals surface area contributed by atoms with Gasteiger partial charge < -0.3 is 18.9 Å². The Balaban J connectivity index is 1.92. The minimum absolute atomic E-state index is 0.0666. The van der Waals surface area contributed by atoms with Crippen LogP contribution in [0.4, 0.5) is 0 Å². The zero-order valence-corrected chi connectivity index (χ0v) is 16.1. The number of ether oxygens (including phenoxy) is 4. The van der Waals surface area contributed by atoms with Gasteiger partial charge >= 0.3 is 5.97 Å². The van der Waals surface area contributed by atoms with Crippen molar-refractivity contribution in [3.05, 3.63) is 30.0 Å². The highest BCUT2D eigenvalue weighted by Gasteiger charge is 2.20. The van der Waals surface area contributed by atoms with Crippen LogP contribution >= 0.6 is 0 Å². The summed E-state index contributed by atoms with van der Waals surface area (Å²) < 4.78 is 23.7. The Bertz CT molecular complexity index is 781. The van der Waals surface area contributed by atoms with Crippen molar-refractivity contribution in [1.29, 1.82) is 0 Å². The Morgan fingerprint density at radius 3 is 2.81 bits per heavy atom. The second kappa shape index (κ2) is 8.90. The number of carbonyl (C=O) groups excluding carboxylic acids is 1. The molecule has 2 aromatic rings. The zero-order valence-electron chi connectivity index (χ0n) is 16.1. The van der Waals surface area contributed by atoms with E-state index in [1.807, 2.05) is 31.2 Å². The fraction of sp³-hybridized carbons (Fsp3) is 0.500. The maximum atomic E-state index is 11.9. The molecule has 1 atom stereocenters. The summed E-state index contributed by atoms with van der Waals surface area (Å²) in [6, 6.07) is 7.67. The Labute approximate surface area is 159 Å². The van der Waals surface area contributed by atoms with Gasteiger partial charge in [-0.2, -0.15) is 5.10 Å². The summed E-state index contributed by atoms with van der Waals surface area (Å²) >= 11 is 0. The predicted molar refractivity (Wildman–Crippen MR) is 99.8 cm³/mol. The Hall–Kier alpha value is -2.54. The molecule has 1 aliphatic heterocycles. The van der Waals surface area contributed by atoms with Crippen molar-refractivity contribution in [3.8, 4) is 22.8 Å². The molecule has 2 heterocycles. The van der Waals surface area contributed by atoms with Crippen LogP contribution in [0.25, 0.3) is 11.3 Å². The molecule has 1 aromatic carbocycles. The van der Waals surface area contributed by atoms with Crippen molar-refractivity contribution < 1.29 is 23.7 Å². The standard InChI is InChI=1S/C20H26N2O5/c1-4-15-12-16(22(21-15)13-19(23)25-5-2)14-8-9-17(24-3)18(11-14)27-20-7-6-10-26-20/h8-9,11-12,20H,4-7,10,13H2,1-3H3. The summed E-state index contributed by atoms with van der Waals surface area (Å²) in [6.07, 6.45) is 2.36. The summed E-state index contributed by atoms with van der Waals surface area (Å²) in [5.74, 6) is 0.944. The van der Waals surface area contributed by atoms with E-state index in [1.165, 1.54) is 0 Å². The highest BCUT2D eigenvalue weighted by Crippen LogP contribution is 2.34. The van der Waals surface area contributed by atoms with Gasteiger partial charge in [0.1, 0.15) is 6.54 Å². The number of benzene rings is 1. The van der Waals surface area contributed by atoms with Gasteiger partial charge in [0.05, 0.1) is 31.7 Å². The van der Waals surface area contributed by atoms with Gasteiger partial charge in [-0.1, -0.05) is 6.92 Å². The minimum Gasteiger partial charge on any atom is -0.493 e. The Morgan fingerprint density at radius 2 is 2.15 bits per heavy atom. The van der Waals surface area contributed by atoms with E-state index < -0.39 is 0 Å². The molecule has 0 amide bonds. The molecule has 0 aliphatic carbocycles. The van der Waals surface area contributed by atoms with Crippen LogP contribution < -0.4 is 9.47 Å². The lowest BCUT2D eigenvalue weighted by molar-refractivity contribution is -0.144. The van der Waals surface area contributed by atoms with E-state index in [4.69, 9.17) is 18.9 Å². The number of rotatable bonds is 8. The molecule has 1 aromatic heterocycles. The van der Waals surface area contributed by atoms with Gasteiger partial charge in [-0.25, -0.2) is 0 Å². The first-order valence-electron chi connectivity index (χ1n) is 9.33. The first-order chi connectivity index (χ1) is 13.1. The molecule has 27 heavy (non-hydrogen) atoms. The molecular formula is C20H26N2O5. The highest BCUT2D eigenvalue weighted by molar-refractivity contribution is 5.71. The normalized spacial score (nSPS) is 16.3. The Morgan fingerprint density at radius 1 is 1.30 bits per heavy atom. The lowest BCUT2D eigenvalue weighted by atomic mass is 10.1. The molecule has 1 unspecified atom stereocenters. The predicted octanol–water partition coefficient (Wildman–Crippen LogP) is 3.20. The quantitative estimate of drug-likeness (QED) is 0.661. The maximum absolute atomic E-state index is 11.9. The molecule has 7 nitrogen and oxygen atoms in total. The van der Waals surface area contributed by atoms with Crippen LogP contribution in [0.15, 0.2) is 24.3 Å². The molecule has 146 valence electrons. The van der Waals surface area contributed by atoms with Crippen LogP contribution in [-0.4, -0.2) is 42.4 Å². The number of aromatic nitrogens is 2. The highest BCUT2D eigenvalue weighted by atomic mass is 16.7. The largest absolute Gasteiger partial charge is 0.493 e. The van der Waals surface area contributed by atoms with Crippen LogP contribution in [0.1, 0.15) is 32.4 Å². The molecule has 0 bridgehead atoms. The van der Waals surface area contributed by atoms with E-state index in [2.05, 4.69) is 5.10 Å². The fourth-order valence-electron chi connectivity index (χ4n) is 3.04. The van der Waals surface area contributed by atoms with Crippen LogP contribution in [0.2, 0.25) is 0 Å². The lowest BCUT2D eigenvalue weighted by Gasteiger charge is -2.16. The van der Waals surface area contributed by atoms with E-state index >= 15 is 0 Å². The molecule has 3 rings (SSSR count). The Kier molecular flexibility index (Phi) is 6.34. The number of hydrogen-bond acceptors (Lipinski definition) is 6. The van der Waals surface area contributed by atoms with E-state index in [9.17, 15) is 4.79 Å². The number of nitrogens with zero attached hydrogens (tertiary/aromatic N) is 2. The van der Waals surface area contributed by atoms with E-state index in [1.54, 1.807) is 18.7 Å². The van der Waals surface area contributed by atoms with Gasteiger partial charge in [0.2, 0.25) is 0 Å². The number of carbonyl (C=O) groups is 1. The maximum Gasteiger partial charge on any atom is 0.327 e. The molecule has 0 saturated carbocycles. The van der Waals surface area contributed by atoms with Gasteiger partial charge in [-0.15, -0.1) is 0 Å². The molecular weight excluding hydrogens is 348 g/mol. The van der Waals surface area contributed by atoms with Crippen LogP contribution in [0, 0.1) is 0 Å². The second-order valence-electron chi connectivity index (χ2n) is 6.26. The second-order valence-corrected chi connectivity index (χ2v) is 6.26. The SMILES string of the molecule is CCOC(=O)Cn1nc(CC)cc1-c1ccc(OC)c(OC2CCCO2)c1. The van der Waals surface area contributed by atoms with Crippen molar-refractivity contribution in [2.24, 2.45) is 0 Å². The fourth-order valence-corrected chi connectivity index (χ4v) is 3.04. The molecule has 1 fully saturated rings. The number of esters is 1. The number of hydrogen-bond donors (Lipinski definition) is 0. The van der Waals surface area contributed by atoms with Crippen molar-refractivity contribution >= 4 is 5.97 Å². The van der Waals surface area contributed by atoms with Crippen molar-refractivity contribution in [2.75, 3.05) is 20.3 Å². The summed E-state index contributed by atoms with van der Waals surface area (Å²) in [5.41, 5.74) is 2.63. The van der Waals surface area contributed by atoms with Gasteiger partial charge in [0.25, 0.3) is 0 Å². The van der Waals surface area contributed by atoms with Crippen LogP contribution in [-0.2, 0) is 27.2 Å². The van der Waals surface area contributed by atoms with Gasteiger partial charge in [-0.05, 0) is 44.0 Å². The lowest BCUT2D eigenvalue weighted by Crippen LogP contribution is -2.16. The first kappa shape index (κ1) is 19.2. The third kappa shape index (κ3) is 4.60. The smallest absolute Gasteiger partial charge is 0.327 e. The molecule has 0 radical (unpaired) electrons. The summed E-state index contributed by atoms with van der Waals surface area (Å²) in [7, 11) is 1.61. The molecule has 1 saturated heterocycles. The van der Waals surface area contributed by atoms with Gasteiger partial charge in [0.15, 0.2) is 17.8 Å². The van der Waals surface area contributed by atoms with E-state index in [0.29, 0.717) is 24.7 Å². The third-order valence-electron chi connectivity index (χ3n) is 4.38. The summed E-state index contributed by atoms with van der Waals surface area (Å²) in [5, 5.41) is 4.52. The van der Waals surface area contributed by atoms with E-state index in [-0.39, 0.29) is 18.8 Å². The van der Waals surface area contributed by atoms with Crippen molar-refractivity contribution in [1.82, 2.24) is 9.78 Å². The van der Waals surface area contributed by atoms with Crippen LogP contribution in [0.3, 0.4) is 0 Å². The zero-order chi connectivity index (χ0) is 19.2. The van der Waals surface area contributed by atoms with Crippen molar-refractivity contribution in [2.45, 2.75) is 45.9 Å². The molecule has 0 N–H and O–H groups in total. The number of aryl methyl sites for hydroxylation is 1.